The lowest BCUT2D eigenvalue weighted by atomic mass is 10.2. The molecule has 1 aromatic carbocycles. The summed E-state index contributed by atoms with van der Waals surface area (Å²) in [5.41, 5.74) is 1.13. The van der Waals surface area contributed by atoms with Gasteiger partial charge in [0.1, 0.15) is 0 Å². The van der Waals surface area contributed by atoms with Crippen molar-refractivity contribution in [1.82, 2.24) is 0 Å². The van der Waals surface area contributed by atoms with Crippen LogP contribution in [0.4, 0.5) is 0 Å². The van der Waals surface area contributed by atoms with E-state index in [1.165, 1.54) is 12.1 Å². The van der Waals surface area contributed by atoms with Gasteiger partial charge in [0.25, 0.3) is 9.05 Å². The van der Waals surface area contributed by atoms with Crippen LogP contribution in [-0.4, -0.2) is 20.4 Å². The van der Waals surface area contributed by atoms with Gasteiger partial charge in [-0.3, -0.25) is 0 Å². The van der Waals surface area contributed by atoms with E-state index < -0.39 is 9.05 Å². The molecule has 5 heteroatoms. The number of benzene rings is 1. The van der Waals surface area contributed by atoms with Crippen LogP contribution in [-0.2, 0) is 15.5 Å². The zero-order valence-electron chi connectivity index (χ0n) is 7.73. The first-order valence-corrected chi connectivity index (χ1v) is 7.77. The molecular weight excluding hydrogens is 240 g/mol. The maximum Gasteiger partial charge on any atom is 0.261 e. The molecule has 0 aliphatic carbocycles. The number of halogens is 1. The first kappa shape index (κ1) is 11.9. The van der Waals surface area contributed by atoms with Crippen LogP contribution in [0.15, 0.2) is 29.2 Å². The Bertz CT molecular complexity index is 384. The molecule has 2 nitrogen and oxygen atoms in total. The molecule has 0 aromatic heterocycles. The summed E-state index contributed by atoms with van der Waals surface area (Å²) in [6.45, 7) is 0. The third kappa shape index (κ3) is 3.52. The summed E-state index contributed by atoms with van der Waals surface area (Å²) in [6, 6.07) is 6.67. The van der Waals surface area contributed by atoms with Crippen LogP contribution in [0.25, 0.3) is 0 Å². The zero-order chi connectivity index (χ0) is 10.6. The summed E-state index contributed by atoms with van der Waals surface area (Å²) in [7, 11) is 1.61. The molecule has 0 aliphatic rings. The lowest BCUT2D eigenvalue weighted by molar-refractivity contribution is 0.609. The third-order valence-corrected chi connectivity index (χ3v) is 3.78. The summed E-state index contributed by atoms with van der Waals surface area (Å²) < 4.78 is 21.8. The Hall–Kier alpha value is -0.190. The van der Waals surface area contributed by atoms with E-state index in [2.05, 4.69) is 0 Å². The Kier molecular flexibility index (Phi) is 4.29. The average molecular weight is 251 g/mol. The highest BCUT2D eigenvalue weighted by atomic mass is 35.7. The van der Waals surface area contributed by atoms with Gasteiger partial charge in [-0.05, 0) is 36.1 Å². The van der Waals surface area contributed by atoms with Crippen molar-refractivity contribution < 1.29 is 8.42 Å². The molecular formula is C9H11ClO2S2. The molecule has 0 fully saturated rings. The smallest absolute Gasteiger partial charge is 0.207 e. The van der Waals surface area contributed by atoms with Gasteiger partial charge in [-0.2, -0.15) is 11.8 Å². The molecule has 0 unspecified atom stereocenters. The number of hydrogen-bond acceptors (Lipinski definition) is 3. The second-order valence-corrected chi connectivity index (χ2v) is 6.38. The summed E-state index contributed by atoms with van der Waals surface area (Å²) in [5.74, 6) is 1.03. The van der Waals surface area contributed by atoms with Crippen molar-refractivity contribution in [2.45, 2.75) is 11.3 Å². The van der Waals surface area contributed by atoms with Crippen molar-refractivity contribution in [3.63, 3.8) is 0 Å². The van der Waals surface area contributed by atoms with Crippen LogP contribution in [0.2, 0.25) is 0 Å². The van der Waals surface area contributed by atoms with E-state index in [4.69, 9.17) is 10.7 Å². The predicted octanol–water partition coefficient (Wildman–Crippen LogP) is 2.52. The van der Waals surface area contributed by atoms with Gasteiger partial charge < -0.3 is 0 Å². The fourth-order valence-electron chi connectivity index (χ4n) is 1.04. The normalized spacial score (nSPS) is 11.6. The lowest BCUT2D eigenvalue weighted by Gasteiger charge is -2.00. The number of rotatable bonds is 4. The molecule has 0 amide bonds. The second kappa shape index (κ2) is 5.05. The largest absolute Gasteiger partial charge is 0.261 e. The average Bonchev–Trinajstić information content (AvgIpc) is 2.14. The second-order valence-electron chi connectivity index (χ2n) is 2.82. The Morgan fingerprint density at radius 1 is 1.29 bits per heavy atom. The third-order valence-electron chi connectivity index (χ3n) is 1.80. The summed E-state index contributed by atoms with van der Waals surface area (Å²) in [6.07, 6.45) is 2.99. The predicted molar refractivity (Wildman–Crippen MR) is 61.6 cm³/mol. The zero-order valence-corrected chi connectivity index (χ0v) is 10.1. The van der Waals surface area contributed by atoms with Crippen molar-refractivity contribution in [3.8, 4) is 0 Å². The van der Waals surface area contributed by atoms with Gasteiger partial charge in [-0.1, -0.05) is 12.1 Å². The van der Waals surface area contributed by atoms with Crippen LogP contribution < -0.4 is 0 Å². The highest BCUT2D eigenvalue weighted by Crippen LogP contribution is 2.15. The fourth-order valence-corrected chi connectivity index (χ4v) is 2.25. The lowest BCUT2D eigenvalue weighted by Crippen LogP contribution is -1.92. The van der Waals surface area contributed by atoms with E-state index in [1.54, 1.807) is 23.9 Å². The Morgan fingerprint density at radius 2 is 1.86 bits per heavy atom. The van der Waals surface area contributed by atoms with E-state index in [1.807, 2.05) is 6.26 Å². The van der Waals surface area contributed by atoms with E-state index >= 15 is 0 Å². The molecule has 1 rings (SSSR count). The summed E-state index contributed by atoms with van der Waals surface area (Å²) in [4.78, 5) is 0.159. The molecule has 0 heterocycles. The van der Waals surface area contributed by atoms with Gasteiger partial charge in [-0.15, -0.1) is 0 Å². The fraction of sp³-hybridized carbons (Fsp3) is 0.333. The topological polar surface area (TPSA) is 34.1 Å². The van der Waals surface area contributed by atoms with Crippen LogP contribution in [0.1, 0.15) is 5.56 Å². The maximum atomic E-state index is 10.9. The summed E-state index contributed by atoms with van der Waals surface area (Å²) in [5, 5.41) is 0. The van der Waals surface area contributed by atoms with Crippen molar-refractivity contribution in [2.24, 2.45) is 0 Å². The molecule has 0 saturated heterocycles. The molecule has 0 atom stereocenters. The Labute approximate surface area is 93.1 Å². The SMILES string of the molecule is CSCCc1ccc(S(=O)(=O)Cl)cc1. The van der Waals surface area contributed by atoms with E-state index in [9.17, 15) is 8.42 Å². The van der Waals surface area contributed by atoms with Gasteiger partial charge in [0.15, 0.2) is 0 Å². The molecule has 0 bridgehead atoms. The minimum atomic E-state index is -3.57. The highest BCUT2D eigenvalue weighted by Gasteiger charge is 2.08. The van der Waals surface area contributed by atoms with Crippen molar-refractivity contribution in [2.75, 3.05) is 12.0 Å². The standard InChI is InChI=1S/C9H11ClO2S2/c1-13-7-6-8-2-4-9(5-3-8)14(10,11)12/h2-5H,6-7H2,1H3. The molecule has 0 saturated carbocycles. The molecule has 1 aromatic rings. The van der Waals surface area contributed by atoms with Crippen LogP contribution >= 0.6 is 22.4 Å². The van der Waals surface area contributed by atoms with Crippen LogP contribution in [0.5, 0.6) is 0 Å². The van der Waals surface area contributed by atoms with Gasteiger partial charge in [0.05, 0.1) is 4.90 Å². The first-order chi connectivity index (χ1) is 6.54. The van der Waals surface area contributed by atoms with Gasteiger partial charge >= 0.3 is 0 Å². The van der Waals surface area contributed by atoms with Crippen molar-refractivity contribution in [3.05, 3.63) is 29.8 Å². The van der Waals surface area contributed by atoms with Gasteiger partial charge in [0.2, 0.25) is 0 Å². The van der Waals surface area contributed by atoms with Gasteiger partial charge in [-0.25, -0.2) is 8.42 Å². The Morgan fingerprint density at radius 3 is 2.29 bits per heavy atom. The minimum absolute atomic E-state index is 0.159. The van der Waals surface area contributed by atoms with E-state index in [0.29, 0.717) is 0 Å². The molecule has 78 valence electrons. The van der Waals surface area contributed by atoms with Crippen molar-refractivity contribution >= 4 is 31.5 Å². The van der Waals surface area contributed by atoms with Gasteiger partial charge in [0, 0.05) is 10.7 Å². The van der Waals surface area contributed by atoms with Crippen LogP contribution in [0.3, 0.4) is 0 Å². The Balaban J connectivity index is 2.79. The number of thioether (sulfide) groups is 1. The number of hydrogen-bond donors (Lipinski definition) is 0. The van der Waals surface area contributed by atoms with E-state index in [-0.39, 0.29) is 4.90 Å². The van der Waals surface area contributed by atoms with Crippen LogP contribution in [0, 0.1) is 0 Å². The minimum Gasteiger partial charge on any atom is -0.207 e. The molecule has 0 radical (unpaired) electrons. The number of aryl methyl sites for hydroxylation is 1. The quantitative estimate of drug-likeness (QED) is 0.770. The molecule has 0 N–H and O–H groups in total. The molecule has 0 spiro atoms. The monoisotopic (exact) mass is 250 g/mol. The highest BCUT2D eigenvalue weighted by molar-refractivity contribution is 8.13. The molecule has 0 aliphatic heterocycles. The maximum absolute atomic E-state index is 10.9. The summed E-state index contributed by atoms with van der Waals surface area (Å²) >= 11 is 1.76. The van der Waals surface area contributed by atoms with Crippen molar-refractivity contribution in [1.29, 1.82) is 0 Å². The molecule has 14 heavy (non-hydrogen) atoms. The van der Waals surface area contributed by atoms with E-state index in [0.717, 1.165) is 17.7 Å². The first-order valence-electron chi connectivity index (χ1n) is 4.06.